The average Bonchev–Trinajstić information content (AvgIpc) is 2.88. The number of esters is 1. The van der Waals surface area contributed by atoms with E-state index in [9.17, 15) is 4.79 Å². The molecule has 0 saturated carbocycles. The van der Waals surface area contributed by atoms with Gasteiger partial charge in [0.1, 0.15) is 23.2 Å². The van der Waals surface area contributed by atoms with Crippen LogP contribution in [0.4, 0.5) is 0 Å². The number of pyridine rings is 1. The standard InChI is InChI=1S/C29H35NO4/c1-6-13-25(34-26-17-11-10-16-22(26)29(31)32-5)23-19-30-24(18-27(23)33-9-4)28-20(7-2)14-12-15-21(28)8-3/h10-12,14-19,25H,6-9,13H2,1-5H3. The SMILES string of the molecule is CCCC(Oc1ccccc1C(=O)OC)c1cnc(-c2c(CC)cccc2CC)cc1OCC. The zero-order valence-electron chi connectivity index (χ0n) is 20.9. The number of carbonyl (C=O) groups is 1. The number of rotatable bonds is 11. The molecule has 0 aliphatic rings. The fourth-order valence-electron chi connectivity index (χ4n) is 4.22. The summed E-state index contributed by atoms with van der Waals surface area (Å²) in [5.74, 6) is 0.825. The topological polar surface area (TPSA) is 57.7 Å². The van der Waals surface area contributed by atoms with Gasteiger partial charge >= 0.3 is 5.97 Å². The van der Waals surface area contributed by atoms with Gasteiger partial charge in [-0.05, 0) is 49.4 Å². The number of hydrogen-bond acceptors (Lipinski definition) is 5. The molecule has 0 amide bonds. The Bertz CT molecular complexity index is 1090. The van der Waals surface area contributed by atoms with E-state index in [1.54, 1.807) is 18.2 Å². The number of nitrogens with zero attached hydrogens (tertiary/aromatic N) is 1. The third kappa shape index (κ3) is 5.58. The van der Waals surface area contributed by atoms with E-state index in [1.165, 1.54) is 23.8 Å². The molecule has 3 aromatic rings. The molecule has 0 saturated heterocycles. The summed E-state index contributed by atoms with van der Waals surface area (Å²) in [5.41, 5.74) is 5.92. The zero-order chi connectivity index (χ0) is 24.5. The summed E-state index contributed by atoms with van der Waals surface area (Å²) in [6, 6.07) is 15.6. The quantitative estimate of drug-likeness (QED) is 0.288. The molecule has 1 aromatic heterocycles. The number of aryl methyl sites for hydroxylation is 2. The molecule has 0 radical (unpaired) electrons. The predicted molar refractivity (Wildman–Crippen MR) is 136 cm³/mol. The lowest BCUT2D eigenvalue weighted by Gasteiger charge is -2.23. The first-order valence-corrected chi connectivity index (χ1v) is 12.2. The van der Waals surface area contributed by atoms with Crippen LogP contribution in [0, 0.1) is 0 Å². The second-order valence-electron chi connectivity index (χ2n) is 8.08. The van der Waals surface area contributed by atoms with Crippen LogP contribution < -0.4 is 9.47 Å². The Balaban J connectivity index is 2.07. The molecule has 0 aliphatic carbocycles. The van der Waals surface area contributed by atoms with Crippen molar-refractivity contribution in [1.29, 1.82) is 0 Å². The van der Waals surface area contributed by atoms with Crippen molar-refractivity contribution < 1.29 is 19.0 Å². The van der Waals surface area contributed by atoms with Crippen molar-refractivity contribution in [3.63, 3.8) is 0 Å². The van der Waals surface area contributed by atoms with E-state index in [1.807, 2.05) is 25.3 Å². The van der Waals surface area contributed by atoms with Gasteiger partial charge in [-0.2, -0.15) is 0 Å². The van der Waals surface area contributed by atoms with Crippen LogP contribution in [0.25, 0.3) is 11.3 Å². The van der Waals surface area contributed by atoms with E-state index >= 15 is 0 Å². The molecule has 0 aliphatic heterocycles. The second kappa shape index (κ2) is 12.2. The van der Waals surface area contributed by atoms with Gasteiger partial charge in [-0.25, -0.2) is 4.79 Å². The monoisotopic (exact) mass is 461 g/mol. The molecule has 1 atom stereocenters. The molecule has 2 aromatic carbocycles. The fourth-order valence-corrected chi connectivity index (χ4v) is 4.22. The first kappa shape index (κ1) is 25.3. The van der Waals surface area contributed by atoms with Gasteiger partial charge in [0.15, 0.2) is 0 Å². The molecule has 5 heteroatoms. The molecule has 34 heavy (non-hydrogen) atoms. The summed E-state index contributed by atoms with van der Waals surface area (Å²) in [6.07, 6.45) is 5.07. The lowest BCUT2D eigenvalue weighted by Crippen LogP contribution is -2.13. The average molecular weight is 462 g/mol. The molecular weight excluding hydrogens is 426 g/mol. The molecule has 0 bridgehead atoms. The van der Waals surface area contributed by atoms with Gasteiger partial charge in [-0.3, -0.25) is 4.98 Å². The molecule has 3 rings (SSSR count). The lowest BCUT2D eigenvalue weighted by molar-refractivity contribution is 0.0592. The molecule has 1 heterocycles. The summed E-state index contributed by atoms with van der Waals surface area (Å²) >= 11 is 0. The van der Waals surface area contributed by atoms with Crippen molar-refractivity contribution in [2.24, 2.45) is 0 Å². The minimum absolute atomic E-state index is 0.314. The van der Waals surface area contributed by atoms with E-state index in [0.717, 1.165) is 42.7 Å². The molecule has 180 valence electrons. The maximum absolute atomic E-state index is 12.3. The van der Waals surface area contributed by atoms with Crippen LogP contribution in [-0.2, 0) is 17.6 Å². The zero-order valence-corrected chi connectivity index (χ0v) is 20.9. The van der Waals surface area contributed by atoms with Gasteiger partial charge < -0.3 is 14.2 Å². The number of carbonyl (C=O) groups excluding carboxylic acids is 1. The maximum Gasteiger partial charge on any atom is 0.341 e. The Labute approximate surface area is 203 Å². The summed E-state index contributed by atoms with van der Waals surface area (Å²) in [6.45, 7) is 8.95. The third-order valence-electron chi connectivity index (χ3n) is 5.91. The summed E-state index contributed by atoms with van der Waals surface area (Å²) in [4.78, 5) is 17.1. The highest BCUT2D eigenvalue weighted by Gasteiger charge is 2.23. The normalized spacial score (nSPS) is 11.7. The third-order valence-corrected chi connectivity index (χ3v) is 5.91. The van der Waals surface area contributed by atoms with Crippen LogP contribution in [0.2, 0.25) is 0 Å². The molecule has 0 spiro atoms. The van der Waals surface area contributed by atoms with Crippen LogP contribution in [0.3, 0.4) is 0 Å². The molecule has 0 fully saturated rings. The van der Waals surface area contributed by atoms with Crippen LogP contribution in [-0.4, -0.2) is 24.7 Å². The van der Waals surface area contributed by atoms with E-state index < -0.39 is 5.97 Å². The summed E-state index contributed by atoms with van der Waals surface area (Å²) in [5, 5.41) is 0. The van der Waals surface area contributed by atoms with E-state index in [0.29, 0.717) is 17.9 Å². The Hall–Kier alpha value is -3.34. The van der Waals surface area contributed by atoms with Crippen molar-refractivity contribution in [1.82, 2.24) is 4.98 Å². The molecular formula is C29H35NO4. The van der Waals surface area contributed by atoms with Crippen molar-refractivity contribution in [2.45, 2.75) is 59.5 Å². The van der Waals surface area contributed by atoms with Gasteiger partial charge in [0.05, 0.1) is 25.0 Å². The van der Waals surface area contributed by atoms with Crippen LogP contribution in [0.1, 0.15) is 73.7 Å². The number of benzene rings is 2. The predicted octanol–water partition coefficient (Wildman–Crippen LogP) is 6.98. The minimum atomic E-state index is -0.423. The van der Waals surface area contributed by atoms with Crippen molar-refractivity contribution in [3.05, 3.63) is 77.0 Å². The fraction of sp³-hybridized carbons (Fsp3) is 0.379. The Morgan fingerprint density at radius 2 is 1.65 bits per heavy atom. The van der Waals surface area contributed by atoms with Crippen LogP contribution >= 0.6 is 0 Å². The largest absolute Gasteiger partial charge is 0.493 e. The Morgan fingerprint density at radius 3 is 2.26 bits per heavy atom. The van der Waals surface area contributed by atoms with E-state index in [4.69, 9.17) is 19.2 Å². The first-order chi connectivity index (χ1) is 16.6. The van der Waals surface area contributed by atoms with Crippen molar-refractivity contribution in [2.75, 3.05) is 13.7 Å². The van der Waals surface area contributed by atoms with E-state index in [-0.39, 0.29) is 6.10 Å². The van der Waals surface area contributed by atoms with Gasteiger partial charge in [0.2, 0.25) is 0 Å². The Kier molecular flexibility index (Phi) is 9.08. The highest BCUT2D eigenvalue weighted by atomic mass is 16.5. The number of para-hydroxylation sites is 1. The van der Waals surface area contributed by atoms with Gasteiger partial charge in [-0.15, -0.1) is 0 Å². The molecule has 0 N–H and O–H groups in total. The van der Waals surface area contributed by atoms with Crippen LogP contribution in [0.15, 0.2) is 54.7 Å². The minimum Gasteiger partial charge on any atom is -0.493 e. The highest BCUT2D eigenvalue weighted by Crippen LogP contribution is 2.37. The molecule has 5 nitrogen and oxygen atoms in total. The summed E-state index contributed by atoms with van der Waals surface area (Å²) in [7, 11) is 1.37. The van der Waals surface area contributed by atoms with Crippen LogP contribution in [0.5, 0.6) is 11.5 Å². The second-order valence-corrected chi connectivity index (χ2v) is 8.08. The number of aromatic nitrogens is 1. The van der Waals surface area contributed by atoms with Gasteiger partial charge in [-0.1, -0.05) is 57.5 Å². The van der Waals surface area contributed by atoms with Crippen molar-refractivity contribution >= 4 is 5.97 Å². The smallest absolute Gasteiger partial charge is 0.341 e. The highest BCUT2D eigenvalue weighted by molar-refractivity contribution is 5.92. The van der Waals surface area contributed by atoms with Gasteiger partial charge in [0.25, 0.3) is 0 Å². The Morgan fingerprint density at radius 1 is 0.941 bits per heavy atom. The van der Waals surface area contributed by atoms with Gasteiger partial charge in [0, 0.05) is 17.8 Å². The number of methoxy groups -OCH3 is 1. The van der Waals surface area contributed by atoms with E-state index in [2.05, 4.69) is 39.0 Å². The molecule has 1 unspecified atom stereocenters. The first-order valence-electron chi connectivity index (χ1n) is 12.2. The summed E-state index contributed by atoms with van der Waals surface area (Å²) < 4.78 is 17.4. The lowest BCUT2D eigenvalue weighted by atomic mass is 9.94. The maximum atomic E-state index is 12.3. The van der Waals surface area contributed by atoms with Crippen molar-refractivity contribution in [3.8, 4) is 22.8 Å². The number of hydrogen-bond donors (Lipinski definition) is 0. The number of ether oxygens (including phenoxy) is 3.